The van der Waals surface area contributed by atoms with Crippen LogP contribution in [0.2, 0.25) is 0 Å². The smallest absolute Gasteiger partial charge is 0.431 e. The van der Waals surface area contributed by atoms with E-state index in [0.717, 1.165) is 0 Å². The predicted octanol–water partition coefficient (Wildman–Crippen LogP) is 1.39. The van der Waals surface area contributed by atoms with Gasteiger partial charge in [0.05, 0.1) is 6.10 Å². The maximum atomic E-state index is 10.8. The van der Waals surface area contributed by atoms with Gasteiger partial charge in [0.2, 0.25) is 0 Å². The molecule has 16 heavy (non-hydrogen) atoms. The second-order valence-corrected chi connectivity index (χ2v) is 3.81. The van der Waals surface area contributed by atoms with Crippen LogP contribution in [0.15, 0.2) is 0 Å². The van der Waals surface area contributed by atoms with E-state index in [-0.39, 0.29) is 11.3 Å². The number of amides is 1. The minimum Gasteiger partial charge on any atom is -0.431 e. The maximum absolute atomic E-state index is 10.8. The Morgan fingerprint density at radius 3 is 2.00 bits per heavy atom. The van der Waals surface area contributed by atoms with Crippen molar-refractivity contribution in [2.24, 2.45) is 5.73 Å². The molecule has 0 bridgehead atoms. The van der Waals surface area contributed by atoms with Crippen molar-refractivity contribution in [1.82, 2.24) is 4.90 Å². The first-order valence-corrected chi connectivity index (χ1v) is 5.10. The van der Waals surface area contributed by atoms with Crippen LogP contribution in [0.5, 0.6) is 0 Å². The number of thiocarbonyl (C=S) groups is 1. The molecule has 0 spiro atoms. The fourth-order valence-electron chi connectivity index (χ4n) is 0.379. The summed E-state index contributed by atoms with van der Waals surface area (Å²) in [5.74, 6) is 0. The van der Waals surface area contributed by atoms with E-state index in [9.17, 15) is 4.79 Å². The van der Waals surface area contributed by atoms with Gasteiger partial charge in [-0.1, -0.05) is 12.6 Å². The van der Waals surface area contributed by atoms with Crippen molar-refractivity contribution in [2.45, 2.75) is 20.0 Å². The van der Waals surface area contributed by atoms with Crippen molar-refractivity contribution in [3.8, 4) is 0 Å². The molecule has 0 aliphatic heterocycles. The normalized spacial score (nSPS) is 8.62. The largest absolute Gasteiger partial charge is 0.516 e. The molecule has 0 aliphatic carbocycles. The van der Waals surface area contributed by atoms with E-state index < -0.39 is 11.4 Å². The second kappa shape index (κ2) is 9.22. The van der Waals surface area contributed by atoms with Crippen LogP contribution in [0, 0.1) is 0 Å². The van der Waals surface area contributed by atoms with Gasteiger partial charge in [0.15, 0.2) is 0 Å². The van der Waals surface area contributed by atoms with E-state index >= 15 is 0 Å². The zero-order valence-corrected chi connectivity index (χ0v) is 11.3. The van der Waals surface area contributed by atoms with Gasteiger partial charge in [-0.2, -0.15) is 0 Å². The molecule has 0 unspecified atom stereocenters. The number of rotatable bonds is 1. The highest BCUT2D eigenvalue weighted by atomic mass is 32.1. The van der Waals surface area contributed by atoms with Crippen molar-refractivity contribution in [3.63, 3.8) is 0 Å². The Balaban J connectivity index is 0. The van der Waals surface area contributed by atoms with Gasteiger partial charge < -0.3 is 20.1 Å². The van der Waals surface area contributed by atoms with Gasteiger partial charge in [0.1, 0.15) is 0 Å². The molecule has 94 valence electrons. The first-order valence-electron chi connectivity index (χ1n) is 4.25. The molecule has 2 N–H and O–H groups in total. The Morgan fingerprint density at radius 1 is 1.38 bits per heavy atom. The number of nitrogens with zero attached hydrogens (tertiary/aromatic N) is 1. The molecule has 0 heterocycles. The van der Waals surface area contributed by atoms with Crippen molar-refractivity contribution in [2.75, 3.05) is 14.1 Å². The highest BCUT2D eigenvalue weighted by molar-refractivity contribution is 7.96. The van der Waals surface area contributed by atoms with Gasteiger partial charge >= 0.3 is 6.16 Å². The number of nitrogens with two attached hydrogens (primary N) is 1. The molecule has 0 radical (unpaired) electrons. The Bertz CT molecular complexity index is 252. The maximum Gasteiger partial charge on any atom is 0.516 e. The van der Waals surface area contributed by atoms with Gasteiger partial charge in [-0.05, 0) is 26.1 Å². The molecule has 0 aromatic rings. The molecular weight excluding hydrogens is 252 g/mol. The molecule has 1 amide bonds. The van der Waals surface area contributed by atoms with Crippen LogP contribution in [0.3, 0.4) is 0 Å². The Kier molecular flexibility index (Phi) is 10.0. The zero-order chi connectivity index (χ0) is 13.3. The van der Waals surface area contributed by atoms with Crippen molar-refractivity contribution in [1.29, 1.82) is 0 Å². The summed E-state index contributed by atoms with van der Waals surface area (Å²) >= 11 is 7.81. The SMILES string of the molecule is CC(C)OC(=O)OC(=S)N(C)C.NC(=O)S. The molecule has 0 fully saturated rings. The van der Waals surface area contributed by atoms with Gasteiger partial charge in [-0.3, -0.25) is 4.79 Å². The van der Waals surface area contributed by atoms with E-state index in [1.54, 1.807) is 27.9 Å². The molecule has 0 aromatic carbocycles. The van der Waals surface area contributed by atoms with Gasteiger partial charge in [-0.15, -0.1) is 0 Å². The standard InChI is InChI=1S/C7H13NO3S.CH3NOS/c1-5(2)10-7(9)11-6(12)8(3)4;2-1(3)4/h5H,1-4H3;(H3,2,3,4). The third-order valence-corrected chi connectivity index (χ3v) is 1.32. The Morgan fingerprint density at radius 2 is 1.75 bits per heavy atom. The first kappa shape index (κ1) is 17.4. The number of hydrogen-bond donors (Lipinski definition) is 2. The highest BCUT2D eigenvalue weighted by Gasteiger charge is 2.10. The minimum absolute atomic E-state index is 0.0978. The lowest BCUT2D eigenvalue weighted by atomic mass is 10.5. The van der Waals surface area contributed by atoms with Crippen LogP contribution in [-0.2, 0) is 9.47 Å². The van der Waals surface area contributed by atoms with E-state index in [2.05, 4.69) is 23.1 Å². The van der Waals surface area contributed by atoms with Crippen molar-refractivity contribution in [3.05, 3.63) is 0 Å². The van der Waals surface area contributed by atoms with Gasteiger partial charge in [0.25, 0.3) is 10.4 Å². The van der Waals surface area contributed by atoms with Gasteiger partial charge in [-0.25, -0.2) is 4.79 Å². The molecule has 0 saturated carbocycles. The third-order valence-electron chi connectivity index (χ3n) is 0.868. The number of thiol groups is 1. The number of carbonyl (C=O) groups excluding carboxylic acids is 2. The molecular formula is C8H16N2O4S2. The molecule has 0 aliphatic rings. The lowest BCUT2D eigenvalue weighted by Crippen LogP contribution is -2.26. The van der Waals surface area contributed by atoms with E-state index in [1.165, 1.54) is 4.90 Å². The number of carbonyl (C=O) groups is 2. The van der Waals surface area contributed by atoms with Crippen molar-refractivity contribution < 1.29 is 19.1 Å². The van der Waals surface area contributed by atoms with Crippen LogP contribution in [0.25, 0.3) is 0 Å². The average Bonchev–Trinajstić information content (AvgIpc) is 2.00. The molecule has 0 rings (SSSR count). The first-order chi connectivity index (χ1) is 7.16. The molecule has 0 aromatic heterocycles. The summed E-state index contributed by atoms with van der Waals surface area (Å²) in [5, 5.41) is -0.541. The van der Waals surface area contributed by atoms with Crippen LogP contribution < -0.4 is 5.73 Å². The molecule has 8 heteroatoms. The third kappa shape index (κ3) is 15.5. The van der Waals surface area contributed by atoms with E-state index in [0.29, 0.717) is 0 Å². The molecule has 0 atom stereocenters. The van der Waals surface area contributed by atoms with Gasteiger partial charge in [0, 0.05) is 14.1 Å². The predicted molar refractivity (Wildman–Crippen MR) is 67.6 cm³/mol. The zero-order valence-electron chi connectivity index (χ0n) is 9.59. The molecule has 6 nitrogen and oxygen atoms in total. The molecule has 0 saturated heterocycles. The number of hydrogen-bond acceptors (Lipinski definition) is 5. The number of primary amides is 1. The number of ether oxygens (including phenoxy) is 2. The summed E-state index contributed by atoms with van der Waals surface area (Å²) in [6, 6.07) is 0. The van der Waals surface area contributed by atoms with E-state index in [4.69, 9.17) is 21.7 Å². The lowest BCUT2D eigenvalue weighted by Gasteiger charge is -2.13. The van der Waals surface area contributed by atoms with Crippen LogP contribution >= 0.6 is 24.8 Å². The van der Waals surface area contributed by atoms with Crippen LogP contribution in [0.1, 0.15) is 13.8 Å². The van der Waals surface area contributed by atoms with Crippen LogP contribution in [0.4, 0.5) is 9.59 Å². The second-order valence-electron chi connectivity index (χ2n) is 3.02. The topological polar surface area (TPSA) is 81.9 Å². The summed E-state index contributed by atoms with van der Waals surface area (Å²) in [6.07, 6.45) is -0.953. The Labute approximate surface area is 105 Å². The average molecular weight is 268 g/mol. The lowest BCUT2D eigenvalue weighted by molar-refractivity contribution is 0.0665. The fraction of sp³-hybridized carbons (Fsp3) is 0.625. The quantitative estimate of drug-likeness (QED) is 0.425. The van der Waals surface area contributed by atoms with E-state index in [1.807, 2.05) is 0 Å². The fourth-order valence-corrected chi connectivity index (χ4v) is 0.447. The summed E-state index contributed by atoms with van der Waals surface area (Å²) in [7, 11) is 3.37. The Hall–Kier alpha value is -1.02. The summed E-state index contributed by atoms with van der Waals surface area (Å²) in [6.45, 7) is 3.47. The summed E-state index contributed by atoms with van der Waals surface area (Å²) < 4.78 is 9.31. The van der Waals surface area contributed by atoms with Crippen molar-refractivity contribution >= 4 is 41.4 Å². The summed E-state index contributed by atoms with van der Waals surface area (Å²) in [4.78, 5) is 21.4. The monoisotopic (exact) mass is 268 g/mol. The van der Waals surface area contributed by atoms with Crippen LogP contribution in [-0.4, -0.2) is 41.7 Å². The summed E-state index contributed by atoms with van der Waals surface area (Å²) in [5.41, 5.74) is 4.34. The minimum atomic E-state index is -0.760. The highest BCUT2D eigenvalue weighted by Crippen LogP contribution is 1.95.